The number of pyridine rings is 1. The van der Waals surface area contributed by atoms with Gasteiger partial charge in [-0.15, -0.1) is 0 Å². The monoisotopic (exact) mass is 464 g/mol. The van der Waals surface area contributed by atoms with Crippen molar-refractivity contribution in [2.24, 2.45) is 0 Å². The van der Waals surface area contributed by atoms with E-state index >= 15 is 0 Å². The van der Waals surface area contributed by atoms with Crippen LogP contribution in [0.1, 0.15) is 25.7 Å². The fourth-order valence-corrected chi connectivity index (χ4v) is 5.97. The van der Waals surface area contributed by atoms with Crippen molar-refractivity contribution in [2.45, 2.75) is 63.6 Å². The van der Waals surface area contributed by atoms with Gasteiger partial charge in [-0.2, -0.15) is 0 Å². The number of rotatable bonds is 7. The number of ether oxygens (including phenoxy) is 1. The average molecular weight is 465 g/mol. The summed E-state index contributed by atoms with van der Waals surface area (Å²) in [7, 11) is -1.12. The van der Waals surface area contributed by atoms with Gasteiger partial charge >= 0.3 is 0 Å². The topological polar surface area (TPSA) is 68.1 Å². The number of fused-ring (bicyclic) bond motifs is 1. The van der Waals surface area contributed by atoms with Gasteiger partial charge in [-0.3, -0.25) is 0 Å². The van der Waals surface area contributed by atoms with Crippen LogP contribution in [0.3, 0.4) is 0 Å². The Labute approximate surface area is 197 Å². The van der Waals surface area contributed by atoms with Crippen molar-refractivity contribution in [3.63, 3.8) is 0 Å². The maximum Gasteiger partial charge on any atom is 0.144 e. The smallest absolute Gasteiger partial charge is 0.144 e. The molecular formula is C25H36N6OSi. The van der Waals surface area contributed by atoms with Crippen LogP contribution >= 0.6 is 0 Å². The minimum Gasteiger partial charge on any atom is -0.369 e. The molecule has 5 rings (SSSR count). The molecule has 2 aliphatic rings. The second-order valence-corrected chi connectivity index (χ2v) is 16.5. The lowest BCUT2D eigenvalue weighted by Crippen LogP contribution is -2.50. The van der Waals surface area contributed by atoms with Crippen LogP contribution in [0.2, 0.25) is 25.7 Å². The van der Waals surface area contributed by atoms with Gasteiger partial charge in [0.05, 0.1) is 5.39 Å². The van der Waals surface area contributed by atoms with Gasteiger partial charge in [0.1, 0.15) is 18.7 Å². The van der Waals surface area contributed by atoms with Crippen LogP contribution in [0.25, 0.3) is 22.2 Å². The van der Waals surface area contributed by atoms with Gasteiger partial charge in [0.25, 0.3) is 0 Å². The highest BCUT2D eigenvalue weighted by Gasteiger charge is 2.39. The highest BCUT2D eigenvalue weighted by molar-refractivity contribution is 6.76. The predicted molar refractivity (Wildman–Crippen MR) is 136 cm³/mol. The van der Waals surface area contributed by atoms with Crippen molar-refractivity contribution in [3.05, 3.63) is 37.2 Å². The first-order valence-corrected chi connectivity index (χ1v) is 16.0. The second kappa shape index (κ2) is 9.16. The summed E-state index contributed by atoms with van der Waals surface area (Å²) in [6.45, 7) is 11.7. The van der Waals surface area contributed by atoms with E-state index in [1.54, 1.807) is 6.33 Å². The van der Waals surface area contributed by atoms with Crippen LogP contribution in [0.5, 0.6) is 0 Å². The van der Waals surface area contributed by atoms with E-state index in [1.165, 1.54) is 36.8 Å². The van der Waals surface area contributed by atoms with E-state index in [4.69, 9.17) is 9.72 Å². The number of piperidine rings is 1. The first-order valence-electron chi connectivity index (χ1n) is 12.3. The zero-order valence-electron chi connectivity index (χ0n) is 20.2. The fraction of sp³-hybridized carbons (Fsp3) is 0.560. The average Bonchev–Trinajstić information content (AvgIpc) is 3.39. The van der Waals surface area contributed by atoms with Crippen LogP contribution < -0.4 is 10.2 Å². The third-order valence-corrected chi connectivity index (χ3v) is 8.81. The largest absolute Gasteiger partial charge is 0.369 e. The lowest BCUT2D eigenvalue weighted by molar-refractivity contribution is 0.0899. The van der Waals surface area contributed by atoms with Crippen molar-refractivity contribution in [3.8, 4) is 11.1 Å². The van der Waals surface area contributed by atoms with E-state index in [1.807, 2.05) is 18.6 Å². The number of anilines is 1. The predicted octanol–water partition coefficient (Wildman–Crippen LogP) is 4.53. The Morgan fingerprint density at radius 3 is 2.76 bits per heavy atom. The molecule has 2 aliphatic heterocycles. The SMILES string of the molecule is C[Si](C)(C)CCOCn1cc(-c2cncnc2)c2c(N3CC[C@@]4(CCCCN4)C3)ccnc21. The first kappa shape index (κ1) is 22.5. The molecule has 5 heterocycles. The van der Waals surface area contributed by atoms with Gasteiger partial charge < -0.3 is 19.5 Å². The third-order valence-electron chi connectivity index (χ3n) is 7.11. The molecule has 1 spiro atoms. The van der Waals surface area contributed by atoms with E-state index in [2.05, 4.69) is 56.7 Å². The maximum absolute atomic E-state index is 6.11. The quantitative estimate of drug-likeness (QED) is 0.409. The summed E-state index contributed by atoms with van der Waals surface area (Å²) in [5, 5.41) is 5.02. The molecule has 3 aromatic rings. The lowest BCUT2D eigenvalue weighted by atomic mass is 9.88. The highest BCUT2D eigenvalue weighted by Crippen LogP contribution is 2.40. The molecule has 2 fully saturated rings. The molecule has 2 saturated heterocycles. The summed E-state index contributed by atoms with van der Waals surface area (Å²) in [6.07, 6.45) is 14.6. The van der Waals surface area contributed by atoms with Gasteiger partial charge in [-0.25, -0.2) is 15.0 Å². The first-order chi connectivity index (χ1) is 15.9. The van der Waals surface area contributed by atoms with Crippen molar-refractivity contribution in [1.82, 2.24) is 24.8 Å². The minimum absolute atomic E-state index is 0.256. The molecule has 1 atom stereocenters. The van der Waals surface area contributed by atoms with Crippen LogP contribution in [-0.4, -0.2) is 59.4 Å². The van der Waals surface area contributed by atoms with Gasteiger partial charge in [0, 0.05) is 74.9 Å². The summed E-state index contributed by atoms with van der Waals surface area (Å²) in [4.78, 5) is 15.9. The molecule has 0 unspecified atom stereocenters. The Hall–Kier alpha value is -2.29. The maximum atomic E-state index is 6.11. The normalized spacial score (nSPS) is 21.4. The van der Waals surface area contributed by atoms with E-state index in [9.17, 15) is 0 Å². The minimum atomic E-state index is -1.12. The Kier molecular flexibility index (Phi) is 6.24. The summed E-state index contributed by atoms with van der Waals surface area (Å²) in [6, 6.07) is 3.33. The number of nitrogens with one attached hydrogen (secondary N) is 1. The van der Waals surface area contributed by atoms with E-state index in [-0.39, 0.29) is 5.54 Å². The molecule has 0 bridgehead atoms. The van der Waals surface area contributed by atoms with E-state index in [0.717, 1.165) is 49.1 Å². The molecule has 8 heteroatoms. The molecule has 0 amide bonds. The zero-order chi connectivity index (χ0) is 22.9. The summed E-state index contributed by atoms with van der Waals surface area (Å²) >= 11 is 0. The van der Waals surface area contributed by atoms with E-state index in [0.29, 0.717) is 6.73 Å². The molecule has 33 heavy (non-hydrogen) atoms. The van der Waals surface area contributed by atoms with Crippen LogP contribution in [-0.2, 0) is 11.5 Å². The standard InChI is InChI=1S/C25H36N6OSi/c1-33(2,3)13-12-32-19-31-16-21(20-14-26-18-27-15-20)23-22(6-10-28-24(23)31)30-11-8-25(17-30)7-4-5-9-29-25/h6,10,14-16,18,29H,4-5,7-9,11-13,17,19H2,1-3H3/t25-/m0/s1. The van der Waals surface area contributed by atoms with Gasteiger partial charge in [0.2, 0.25) is 0 Å². The van der Waals surface area contributed by atoms with Crippen molar-refractivity contribution in [2.75, 3.05) is 31.1 Å². The molecule has 0 radical (unpaired) electrons. The van der Waals surface area contributed by atoms with Gasteiger partial charge in [0.15, 0.2) is 0 Å². The molecule has 7 nitrogen and oxygen atoms in total. The fourth-order valence-electron chi connectivity index (χ4n) is 5.22. The van der Waals surface area contributed by atoms with Crippen LogP contribution in [0, 0.1) is 0 Å². The second-order valence-electron chi connectivity index (χ2n) is 10.9. The summed E-state index contributed by atoms with van der Waals surface area (Å²) in [5.74, 6) is 0. The van der Waals surface area contributed by atoms with Crippen LogP contribution in [0.4, 0.5) is 5.69 Å². The molecular weight excluding hydrogens is 428 g/mol. The number of hydrogen-bond donors (Lipinski definition) is 1. The van der Waals surface area contributed by atoms with Crippen molar-refractivity contribution in [1.29, 1.82) is 0 Å². The molecule has 176 valence electrons. The lowest BCUT2D eigenvalue weighted by Gasteiger charge is -2.35. The van der Waals surface area contributed by atoms with Gasteiger partial charge in [-0.05, 0) is 37.9 Å². The molecule has 1 N–H and O–H groups in total. The van der Waals surface area contributed by atoms with Crippen LogP contribution in [0.15, 0.2) is 37.2 Å². The Morgan fingerprint density at radius 2 is 2.00 bits per heavy atom. The Balaban J connectivity index is 1.49. The number of hydrogen-bond acceptors (Lipinski definition) is 6. The summed E-state index contributed by atoms with van der Waals surface area (Å²) < 4.78 is 8.26. The third kappa shape index (κ3) is 4.83. The summed E-state index contributed by atoms with van der Waals surface area (Å²) in [5.41, 5.74) is 4.62. The Bertz CT molecular complexity index is 1090. The number of aromatic nitrogens is 4. The molecule has 0 aliphatic carbocycles. The Morgan fingerprint density at radius 1 is 1.15 bits per heavy atom. The number of nitrogens with zero attached hydrogens (tertiary/aromatic N) is 5. The van der Waals surface area contributed by atoms with E-state index < -0.39 is 8.07 Å². The molecule has 0 aromatic carbocycles. The zero-order valence-corrected chi connectivity index (χ0v) is 21.2. The van der Waals surface area contributed by atoms with Gasteiger partial charge in [-0.1, -0.05) is 26.1 Å². The molecule has 3 aromatic heterocycles. The van der Waals surface area contributed by atoms with Crippen molar-refractivity contribution >= 4 is 24.8 Å². The van der Waals surface area contributed by atoms with Crippen molar-refractivity contribution < 1.29 is 4.74 Å². The molecule has 0 saturated carbocycles. The highest BCUT2D eigenvalue weighted by atomic mass is 28.3.